The van der Waals surface area contributed by atoms with E-state index in [2.05, 4.69) is 5.32 Å². The van der Waals surface area contributed by atoms with Crippen molar-refractivity contribution in [2.75, 3.05) is 17.7 Å². The van der Waals surface area contributed by atoms with E-state index in [-0.39, 0.29) is 0 Å². The predicted octanol–water partition coefficient (Wildman–Crippen LogP) is 3.80. The molecule has 3 nitrogen and oxygen atoms in total. The van der Waals surface area contributed by atoms with Gasteiger partial charge in [0.05, 0.1) is 6.61 Å². The molecule has 0 unspecified atom stereocenters. The first-order valence-corrected chi connectivity index (χ1v) is 7.08. The second-order valence-corrected chi connectivity index (χ2v) is 5.06. The molecule has 1 aliphatic carbocycles. The predicted molar refractivity (Wildman–Crippen MR) is 77.1 cm³/mol. The highest BCUT2D eigenvalue weighted by molar-refractivity contribution is 5.59. The van der Waals surface area contributed by atoms with Crippen LogP contribution in [0.15, 0.2) is 18.2 Å². The van der Waals surface area contributed by atoms with Crippen LogP contribution in [-0.2, 0) is 0 Å². The molecule has 0 bridgehead atoms. The molecule has 0 aliphatic heterocycles. The van der Waals surface area contributed by atoms with E-state index in [0.29, 0.717) is 12.6 Å². The zero-order valence-corrected chi connectivity index (χ0v) is 11.2. The van der Waals surface area contributed by atoms with Crippen LogP contribution < -0.4 is 15.8 Å². The lowest BCUT2D eigenvalue weighted by atomic mass is 10.1. The van der Waals surface area contributed by atoms with Crippen LogP contribution in [0, 0.1) is 0 Å². The summed E-state index contributed by atoms with van der Waals surface area (Å²) in [7, 11) is 0. The summed E-state index contributed by atoms with van der Waals surface area (Å²) in [4.78, 5) is 0. The van der Waals surface area contributed by atoms with E-state index in [1.54, 1.807) is 0 Å². The molecule has 100 valence electrons. The standard InChI is InChI=1S/C15H24N2O/c1-2-18-15-10-12(16)9-14(11-15)17-13-7-5-3-4-6-8-13/h9-11,13,17H,2-8,16H2,1H3. The summed E-state index contributed by atoms with van der Waals surface area (Å²) in [6.45, 7) is 2.66. The number of benzene rings is 1. The number of nitrogen functional groups attached to an aromatic ring is 1. The summed E-state index contributed by atoms with van der Waals surface area (Å²) >= 11 is 0. The molecule has 1 aliphatic rings. The zero-order valence-electron chi connectivity index (χ0n) is 11.2. The Morgan fingerprint density at radius 1 is 1.17 bits per heavy atom. The van der Waals surface area contributed by atoms with Crippen molar-refractivity contribution in [3.05, 3.63) is 18.2 Å². The maximum atomic E-state index is 5.91. The zero-order chi connectivity index (χ0) is 12.8. The lowest BCUT2D eigenvalue weighted by molar-refractivity contribution is 0.340. The molecular weight excluding hydrogens is 224 g/mol. The van der Waals surface area contributed by atoms with Gasteiger partial charge in [0, 0.05) is 29.5 Å². The molecular formula is C15H24N2O. The highest BCUT2D eigenvalue weighted by Crippen LogP contribution is 2.26. The fraction of sp³-hybridized carbons (Fsp3) is 0.600. The Bertz CT molecular complexity index is 371. The van der Waals surface area contributed by atoms with Gasteiger partial charge in [-0.05, 0) is 25.8 Å². The van der Waals surface area contributed by atoms with Crippen LogP contribution in [0.1, 0.15) is 45.4 Å². The van der Waals surface area contributed by atoms with Gasteiger partial charge in [0.2, 0.25) is 0 Å². The Morgan fingerprint density at radius 3 is 2.56 bits per heavy atom. The Hall–Kier alpha value is -1.38. The van der Waals surface area contributed by atoms with Gasteiger partial charge in [-0.3, -0.25) is 0 Å². The summed E-state index contributed by atoms with van der Waals surface area (Å²) in [6.07, 6.45) is 7.94. The number of ether oxygens (including phenoxy) is 1. The first-order valence-electron chi connectivity index (χ1n) is 7.08. The number of rotatable bonds is 4. The third-order valence-corrected chi connectivity index (χ3v) is 3.47. The molecule has 0 saturated heterocycles. The largest absolute Gasteiger partial charge is 0.494 e. The second kappa shape index (κ2) is 6.53. The molecule has 3 N–H and O–H groups in total. The van der Waals surface area contributed by atoms with Crippen molar-refractivity contribution >= 4 is 11.4 Å². The third-order valence-electron chi connectivity index (χ3n) is 3.47. The summed E-state index contributed by atoms with van der Waals surface area (Å²) in [5.74, 6) is 0.855. The molecule has 1 aromatic rings. The molecule has 1 saturated carbocycles. The van der Waals surface area contributed by atoms with Crippen molar-refractivity contribution in [2.24, 2.45) is 0 Å². The third kappa shape index (κ3) is 3.83. The van der Waals surface area contributed by atoms with Gasteiger partial charge < -0.3 is 15.8 Å². The van der Waals surface area contributed by atoms with Crippen LogP contribution in [0.25, 0.3) is 0 Å². The van der Waals surface area contributed by atoms with E-state index < -0.39 is 0 Å². The summed E-state index contributed by atoms with van der Waals surface area (Å²) in [6, 6.07) is 6.50. The van der Waals surface area contributed by atoms with Crippen LogP contribution in [0.2, 0.25) is 0 Å². The van der Waals surface area contributed by atoms with Crippen LogP contribution in [0.4, 0.5) is 11.4 Å². The average Bonchev–Trinajstić information content (AvgIpc) is 2.57. The molecule has 0 radical (unpaired) electrons. The van der Waals surface area contributed by atoms with Crippen LogP contribution in [0.5, 0.6) is 5.75 Å². The van der Waals surface area contributed by atoms with Crippen LogP contribution >= 0.6 is 0 Å². The molecule has 18 heavy (non-hydrogen) atoms. The minimum absolute atomic E-state index is 0.587. The van der Waals surface area contributed by atoms with Gasteiger partial charge in [0.25, 0.3) is 0 Å². The van der Waals surface area contributed by atoms with Crippen molar-refractivity contribution in [1.29, 1.82) is 0 Å². The number of hydrogen-bond donors (Lipinski definition) is 2. The van der Waals surface area contributed by atoms with Gasteiger partial charge in [-0.25, -0.2) is 0 Å². The van der Waals surface area contributed by atoms with Crippen molar-refractivity contribution in [3.63, 3.8) is 0 Å². The number of anilines is 2. The van der Waals surface area contributed by atoms with Crippen LogP contribution in [0.3, 0.4) is 0 Å². The van der Waals surface area contributed by atoms with Crippen molar-refractivity contribution < 1.29 is 4.74 Å². The second-order valence-electron chi connectivity index (χ2n) is 5.06. The summed E-state index contributed by atoms with van der Waals surface area (Å²) in [5.41, 5.74) is 7.76. The quantitative estimate of drug-likeness (QED) is 0.629. The van der Waals surface area contributed by atoms with Crippen molar-refractivity contribution in [1.82, 2.24) is 0 Å². The number of nitrogens with two attached hydrogens (primary N) is 1. The topological polar surface area (TPSA) is 47.3 Å². The first-order chi connectivity index (χ1) is 8.78. The summed E-state index contributed by atoms with van der Waals surface area (Å²) < 4.78 is 5.52. The Kier molecular flexibility index (Phi) is 4.73. The fourth-order valence-electron chi connectivity index (χ4n) is 2.61. The highest BCUT2D eigenvalue weighted by Gasteiger charge is 2.12. The lowest BCUT2D eigenvalue weighted by Gasteiger charge is -2.18. The van der Waals surface area contributed by atoms with Gasteiger partial charge in [-0.1, -0.05) is 25.7 Å². The molecule has 1 fully saturated rings. The lowest BCUT2D eigenvalue weighted by Crippen LogP contribution is -2.18. The number of hydrogen-bond acceptors (Lipinski definition) is 3. The van der Waals surface area contributed by atoms with Gasteiger partial charge >= 0.3 is 0 Å². The van der Waals surface area contributed by atoms with Gasteiger partial charge in [-0.2, -0.15) is 0 Å². The smallest absolute Gasteiger partial charge is 0.123 e. The van der Waals surface area contributed by atoms with E-state index in [0.717, 1.165) is 17.1 Å². The Morgan fingerprint density at radius 2 is 1.89 bits per heavy atom. The van der Waals surface area contributed by atoms with Gasteiger partial charge in [-0.15, -0.1) is 0 Å². The first kappa shape index (κ1) is 13.1. The van der Waals surface area contributed by atoms with E-state index >= 15 is 0 Å². The Balaban J connectivity index is 2.02. The molecule has 2 rings (SSSR count). The maximum absolute atomic E-state index is 5.91. The fourth-order valence-corrected chi connectivity index (χ4v) is 2.61. The minimum Gasteiger partial charge on any atom is -0.494 e. The van der Waals surface area contributed by atoms with Crippen LogP contribution in [-0.4, -0.2) is 12.6 Å². The average molecular weight is 248 g/mol. The Labute approximate surface area is 110 Å². The monoisotopic (exact) mass is 248 g/mol. The highest BCUT2D eigenvalue weighted by atomic mass is 16.5. The van der Waals surface area contributed by atoms with Gasteiger partial charge in [0.1, 0.15) is 5.75 Å². The SMILES string of the molecule is CCOc1cc(N)cc(NC2CCCCCC2)c1. The normalized spacial score (nSPS) is 17.2. The molecule has 0 amide bonds. The molecule has 3 heteroatoms. The molecule has 0 spiro atoms. The van der Waals surface area contributed by atoms with E-state index in [1.165, 1.54) is 38.5 Å². The molecule has 0 heterocycles. The number of nitrogens with one attached hydrogen (secondary N) is 1. The maximum Gasteiger partial charge on any atom is 0.123 e. The van der Waals surface area contributed by atoms with Crippen molar-refractivity contribution in [2.45, 2.75) is 51.5 Å². The summed E-state index contributed by atoms with van der Waals surface area (Å²) in [5, 5.41) is 3.60. The van der Waals surface area contributed by atoms with E-state index in [9.17, 15) is 0 Å². The van der Waals surface area contributed by atoms with E-state index in [1.807, 2.05) is 25.1 Å². The molecule has 0 atom stereocenters. The van der Waals surface area contributed by atoms with E-state index in [4.69, 9.17) is 10.5 Å². The molecule has 1 aromatic carbocycles. The van der Waals surface area contributed by atoms with Gasteiger partial charge in [0.15, 0.2) is 0 Å². The molecule has 0 aromatic heterocycles. The van der Waals surface area contributed by atoms with Crippen molar-refractivity contribution in [3.8, 4) is 5.75 Å². The minimum atomic E-state index is 0.587.